The lowest BCUT2D eigenvalue weighted by Crippen LogP contribution is -2.27. The van der Waals surface area contributed by atoms with Crippen molar-refractivity contribution in [3.05, 3.63) is 97.7 Å². The Labute approximate surface area is 187 Å². The van der Waals surface area contributed by atoms with Crippen molar-refractivity contribution >= 4 is 50.8 Å². The van der Waals surface area contributed by atoms with Gasteiger partial charge in [0.2, 0.25) is 0 Å². The second kappa shape index (κ2) is 8.27. The summed E-state index contributed by atoms with van der Waals surface area (Å²) in [4.78, 5) is 17.5. The predicted octanol–water partition coefficient (Wildman–Crippen LogP) is 6.45. The molecule has 4 nitrogen and oxygen atoms in total. The van der Waals surface area contributed by atoms with E-state index < -0.39 is 0 Å². The topological polar surface area (TPSA) is 45.6 Å². The van der Waals surface area contributed by atoms with Gasteiger partial charge < -0.3 is 0 Å². The SMILES string of the molecule is Cc1ccc(C(=O)N2N=C(c3ccc(Cl)cc3)CC2c2ccc(Br)cc2)c(Cl)n1. The highest BCUT2D eigenvalue weighted by Crippen LogP contribution is 2.35. The van der Waals surface area contributed by atoms with Crippen LogP contribution in [0.5, 0.6) is 0 Å². The number of rotatable bonds is 3. The van der Waals surface area contributed by atoms with Crippen molar-refractivity contribution in [3.8, 4) is 0 Å². The summed E-state index contributed by atoms with van der Waals surface area (Å²) in [6.45, 7) is 1.83. The Morgan fingerprint density at radius 1 is 1.03 bits per heavy atom. The van der Waals surface area contributed by atoms with Crippen LogP contribution in [-0.2, 0) is 0 Å². The first-order valence-electron chi connectivity index (χ1n) is 8.98. The fourth-order valence-electron chi connectivity index (χ4n) is 3.27. The first-order valence-corrected chi connectivity index (χ1v) is 10.5. The molecular weight excluding hydrogens is 473 g/mol. The van der Waals surface area contributed by atoms with Gasteiger partial charge in [-0.25, -0.2) is 9.99 Å². The number of nitrogens with zero attached hydrogens (tertiary/aromatic N) is 3. The van der Waals surface area contributed by atoms with E-state index in [0.717, 1.165) is 27.0 Å². The van der Waals surface area contributed by atoms with Gasteiger partial charge in [-0.15, -0.1) is 0 Å². The molecule has 146 valence electrons. The molecule has 1 atom stereocenters. The third kappa shape index (κ3) is 4.22. The molecule has 0 radical (unpaired) electrons. The molecule has 0 saturated heterocycles. The highest BCUT2D eigenvalue weighted by molar-refractivity contribution is 9.10. The van der Waals surface area contributed by atoms with Crippen LogP contribution in [0.3, 0.4) is 0 Å². The van der Waals surface area contributed by atoms with Crippen molar-refractivity contribution in [1.82, 2.24) is 9.99 Å². The van der Waals surface area contributed by atoms with Crippen molar-refractivity contribution in [2.75, 3.05) is 0 Å². The largest absolute Gasteiger partial charge is 0.277 e. The van der Waals surface area contributed by atoms with Crippen LogP contribution < -0.4 is 0 Å². The molecule has 1 aliphatic heterocycles. The van der Waals surface area contributed by atoms with E-state index in [4.69, 9.17) is 23.2 Å². The van der Waals surface area contributed by atoms with Crippen molar-refractivity contribution in [2.45, 2.75) is 19.4 Å². The quantitative estimate of drug-likeness (QED) is 0.397. The average Bonchev–Trinajstić information content (AvgIpc) is 3.14. The smallest absolute Gasteiger partial charge is 0.267 e. The zero-order valence-electron chi connectivity index (χ0n) is 15.4. The molecule has 1 aliphatic rings. The molecule has 3 aromatic rings. The van der Waals surface area contributed by atoms with Gasteiger partial charge in [-0.1, -0.05) is 63.4 Å². The zero-order valence-corrected chi connectivity index (χ0v) is 18.5. The Balaban J connectivity index is 1.75. The summed E-state index contributed by atoms with van der Waals surface area (Å²) in [5.41, 5.74) is 3.83. The summed E-state index contributed by atoms with van der Waals surface area (Å²) in [5, 5.41) is 7.01. The van der Waals surface area contributed by atoms with Gasteiger partial charge >= 0.3 is 0 Å². The average molecular weight is 489 g/mol. The molecule has 0 bridgehead atoms. The molecule has 0 spiro atoms. The molecule has 2 aromatic carbocycles. The number of aryl methyl sites for hydroxylation is 1. The lowest BCUT2D eigenvalue weighted by atomic mass is 9.98. The monoisotopic (exact) mass is 487 g/mol. The van der Waals surface area contributed by atoms with Crippen LogP contribution in [0, 0.1) is 6.92 Å². The molecule has 4 rings (SSSR count). The minimum Gasteiger partial charge on any atom is -0.267 e. The molecular formula is C22H16BrCl2N3O. The maximum atomic E-state index is 13.3. The Kier molecular flexibility index (Phi) is 5.72. The first-order chi connectivity index (χ1) is 13.9. The highest BCUT2D eigenvalue weighted by atomic mass is 79.9. The molecule has 0 saturated carbocycles. The maximum Gasteiger partial charge on any atom is 0.277 e. The minimum absolute atomic E-state index is 0.180. The lowest BCUT2D eigenvalue weighted by molar-refractivity contribution is 0.0711. The number of carbonyl (C=O) groups excluding carboxylic acids is 1. The number of amides is 1. The third-order valence-corrected chi connectivity index (χ3v) is 5.84. The Bertz CT molecular complexity index is 1100. The Hall–Kier alpha value is -2.21. The number of carbonyl (C=O) groups is 1. The summed E-state index contributed by atoms with van der Waals surface area (Å²) in [6.07, 6.45) is 0.589. The Morgan fingerprint density at radius 3 is 2.38 bits per heavy atom. The van der Waals surface area contributed by atoms with Crippen molar-refractivity contribution in [2.24, 2.45) is 5.10 Å². The number of aromatic nitrogens is 1. The van der Waals surface area contributed by atoms with Gasteiger partial charge in [-0.05, 0) is 54.4 Å². The summed E-state index contributed by atoms with van der Waals surface area (Å²) < 4.78 is 0.974. The van der Waals surface area contributed by atoms with Gasteiger partial charge in [0.25, 0.3) is 5.91 Å². The van der Waals surface area contributed by atoms with E-state index in [-0.39, 0.29) is 17.1 Å². The van der Waals surface area contributed by atoms with E-state index in [1.807, 2.05) is 55.5 Å². The van der Waals surface area contributed by atoms with Crippen LogP contribution in [0.15, 0.2) is 70.2 Å². The number of hydrogen-bond acceptors (Lipinski definition) is 3. The number of hydrazone groups is 1. The number of benzene rings is 2. The number of hydrogen-bond donors (Lipinski definition) is 0. The normalized spacial score (nSPS) is 16.1. The minimum atomic E-state index is -0.278. The standard InChI is InChI=1S/C22H16BrCl2N3O/c1-13-2-11-18(21(25)26-13)22(29)28-20(15-3-7-16(23)8-4-15)12-19(27-28)14-5-9-17(24)10-6-14/h2-11,20H,12H2,1H3. The van der Waals surface area contributed by atoms with E-state index in [0.29, 0.717) is 17.0 Å². The van der Waals surface area contributed by atoms with E-state index in [2.05, 4.69) is 26.0 Å². The van der Waals surface area contributed by atoms with Crippen LogP contribution in [0.1, 0.15) is 39.6 Å². The molecule has 0 fully saturated rings. The summed E-state index contributed by atoms with van der Waals surface area (Å²) in [6, 6.07) is 18.6. The third-order valence-electron chi connectivity index (χ3n) is 4.77. The summed E-state index contributed by atoms with van der Waals surface area (Å²) >= 11 is 15.7. The van der Waals surface area contributed by atoms with Gasteiger partial charge in [0.15, 0.2) is 0 Å². The van der Waals surface area contributed by atoms with Gasteiger partial charge in [-0.3, -0.25) is 4.79 Å². The van der Waals surface area contributed by atoms with Gasteiger partial charge in [0, 0.05) is 21.6 Å². The fraction of sp³-hybridized carbons (Fsp3) is 0.136. The van der Waals surface area contributed by atoms with Gasteiger partial charge in [0.05, 0.1) is 17.3 Å². The second-order valence-corrected chi connectivity index (χ2v) is 8.48. The second-order valence-electron chi connectivity index (χ2n) is 6.77. The van der Waals surface area contributed by atoms with E-state index in [1.165, 1.54) is 5.01 Å². The summed E-state index contributed by atoms with van der Waals surface area (Å²) in [5.74, 6) is -0.278. The Morgan fingerprint density at radius 2 is 1.72 bits per heavy atom. The van der Waals surface area contributed by atoms with Crippen molar-refractivity contribution in [3.63, 3.8) is 0 Å². The molecule has 0 aliphatic carbocycles. The van der Waals surface area contributed by atoms with Crippen LogP contribution in [0.25, 0.3) is 0 Å². The van der Waals surface area contributed by atoms with Crippen LogP contribution in [0.4, 0.5) is 0 Å². The van der Waals surface area contributed by atoms with E-state index in [1.54, 1.807) is 12.1 Å². The van der Waals surface area contributed by atoms with Crippen molar-refractivity contribution in [1.29, 1.82) is 0 Å². The molecule has 1 unspecified atom stereocenters. The van der Waals surface area contributed by atoms with Gasteiger partial charge in [-0.2, -0.15) is 5.10 Å². The van der Waals surface area contributed by atoms with E-state index >= 15 is 0 Å². The highest BCUT2D eigenvalue weighted by Gasteiger charge is 2.34. The molecule has 7 heteroatoms. The van der Waals surface area contributed by atoms with Crippen LogP contribution >= 0.6 is 39.1 Å². The molecule has 0 N–H and O–H groups in total. The molecule has 29 heavy (non-hydrogen) atoms. The summed E-state index contributed by atoms with van der Waals surface area (Å²) in [7, 11) is 0. The van der Waals surface area contributed by atoms with Crippen LogP contribution in [-0.4, -0.2) is 21.6 Å². The fourth-order valence-corrected chi connectivity index (χ4v) is 3.93. The maximum absolute atomic E-state index is 13.3. The lowest BCUT2D eigenvalue weighted by Gasteiger charge is -2.22. The molecule has 1 aromatic heterocycles. The van der Waals surface area contributed by atoms with Gasteiger partial charge in [0.1, 0.15) is 5.15 Å². The van der Waals surface area contributed by atoms with Crippen molar-refractivity contribution < 1.29 is 4.79 Å². The zero-order chi connectivity index (χ0) is 20.5. The number of halogens is 3. The van der Waals surface area contributed by atoms with Crippen LogP contribution in [0.2, 0.25) is 10.2 Å². The molecule has 2 heterocycles. The van der Waals surface area contributed by atoms with E-state index in [9.17, 15) is 4.79 Å². The predicted molar refractivity (Wildman–Crippen MR) is 120 cm³/mol. The number of pyridine rings is 1. The first kappa shape index (κ1) is 20.1. The molecule has 1 amide bonds.